The lowest BCUT2D eigenvalue weighted by Gasteiger charge is -2.35. The van der Waals surface area contributed by atoms with Crippen LogP contribution in [0.15, 0.2) is 30.5 Å². The minimum atomic E-state index is -0.0288. The van der Waals surface area contributed by atoms with E-state index >= 15 is 0 Å². The van der Waals surface area contributed by atoms with Gasteiger partial charge < -0.3 is 9.80 Å². The Bertz CT molecular complexity index is 920. The number of rotatable bonds is 4. The molecular weight excluding hydrogens is 400 g/mol. The third-order valence-electron chi connectivity index (χ3n) is 6.03. The number of nitrogens with one attached hydrogen (secondary N) is 2. The van der Waals surface area contributed by atoms with Gasteiger partial charge in [0, 0.05) is 62.5 Å². The van der Waals surface area contributed by atoms with Crippen LogP contribution in [0.25, 0.3) is 11.1 Å². The number of benzene rings is 1. The van der Waals surface area contributed by atoms with Gasteiger partial charge >= 0.3 is 0 Å². The largest absolute Gasteiger partial charge is 0.347 e. The van der Waals surface area contributed by atoms with Crippen LogP contribution in [-0.2, 0) is 4.79 Å². The number of hydrogen-bond donors (Lipinski definition) is 2. The van der Waals surface area contributed by atoms with Crippen LogP contribution >= 0.6 is 11.6 Å². The molecule has 2 saturated heterocycles. The molecule has 2 aromatic rings. The standard InChI is InChI=1S/C22H29ClN6O/c1-14-18(12-25-27-14)21(30)29-9-5-7-16(13-29)20-19(11-24-22(26-20)28(2)3)15-6-4-8-17(23)10-15/h4,6,8,10-11,14,16,18,25,27H,5,7,9,12-13H2,1-3H3. The normalized spacial score (nSPS) is 24.1. The van der Waals surface area contributed by atoms with Crippen LogP contribution in [0, 0.1) is 5.92 Å². The van der Waals surface area contributed by atoms with E-state index in [0.717, 1.165) is 36.2 Å². The molecule has 3 heterocycles. The van der Waals surface area contributed by atoms with Gasteiger partial charge in [0.15, 0.2) is 0 Å². The molecule has 0 saturated carbocycles. The van der Waals surface area contributed by atoms with E-state index in [9.17, 15) is 4.79 Å². The molecule has 2 aliphatic rings. The van der Waals surface area contributed by atoms with Gasteiger partial charge in [0.05, 0.1) is 11.6 Å². The maximum Gasteiger partial charge on any atom is 0.228 e. The second-order valence-electron chi connectivity index (χ2n) is 8.42. The first kappa shape index (κ1) is 21.0. The summed E-state index contributed by atoms with van der Waals surface area (Å²) < 4.78 is 0. The number of aromatic nitrogens is 2. The highest BCUT2D eigenvalue weighted by molar-refractivity contribution is 6.30. The minimum absolute atomic E-state index is 0.0288. The predicted molar refractivity (Wildman–Crippen MR) is 119 cm³/mol. The van der Waals surface area contributed by atoms with Crippen molar-refractivity contribution in [1.29, 1.82) is 0 Å². The molecule has 1 aromatic carbocycles. The highest BCUT2D eigenvalue weighted by Crippen LogP contribution is 2.35. The van der Waals surface area contributed by atoms with Gasteiger partial charge in [-0.25, -0.2) is 9.97 Å². The van der Waals surface area contributed by atoms with Crippen molar-refractivity contribution in [2.75, 3.05) is 38.6 Å². The molecule has 8 heteroatoms. The monoisotopic (exact) mass is 428 g/mol. The van der Waals surface area contributed by atoms with E-state index in [1.165, 1.54) is 0 Å². The van der Waals surface area contributed by atoms with E-state index in [2.05, 4.69) is 22.8 Å². The molecule has 2 aliphatic heterocycles. The molecule has 2 N–H and O–H groups in total. The Hall–Kier alpha value is -2.22. The Labute approximate surface area is 182 Å². The number of hydrogen-bond acceptors (Lipinski definition) is 6. The SMILES string of the molecule is CC1NNCC1C(=O)N1CCCC(c2nc(N(C)C)ncc2-c2cccc(Cl)c2)C1. The topological polar surface area (TPSA) is 73.4 Å². The van der Waals surface area contributed by atoms with Gasteiger partial charge in [-0.15, -0.1) is 0 Å². The fourth-order valence-corrected chi connectivity index (χ4v) is 4.52. The number of carbonyl (C=O) groups is 1. The van der Waals surface area contributed by atoms with E-state index < -0.39 is 0 Å². The van der Waals surface area contributed by atoms with Crippen molar-refractivity contribution in [3.05, 3.63) is 41.2 Å². The van der Waals surface area contributed by atoms with Crippen molar-refractivity contribution >= 4 is 23.5 Å². The number of halogens is 1. The molecule has 3 unspecified atom stereocenters. The predicted octanol–water partition coefficient (Wildman–Crippen LogP) is 2.68. The highest BCUT2D eigenvalue weighted by Gasteiger charge is 2.36. The van der Waals surface area contributed by atoms with E-state index in [4.69, 9.17) is 16.6 Å². The molecule has 0 radical (unpaired) electrons. The number of piperidine rings is 1. The first-order valence-electron chi connectivity index (χ1n) is 10.5. The van der Waals surface area contributed by atoms with Crippen LogP contribution in [0.3, 0.4) is 0 Å². The van der Waals surface area contributed by atoms with E-state index in [1.807, 2.05) is 54.4 Å². The maximum atomic E-state index is 13.1. The summed E-state index contributed by atoms with van der Waals surface area (Å²) >= 11 is 6.25. The third-order valence-corrected chi connectivity index (χ3v) is 6.27. The van der Waals surface area contributed by atoms with Gasteiger partial charge in [0.1, 0.15) is 0 Å². The number of anilines is 1. The molecule has 1 amide bonds. The summed E-state index contributed by atoms with van der Waals surface area (Å²) in [6, 6.07) is 7.93. The Balaban J connectivity index is 1.66. The van der Waals surface area contributed by atoms with Gasteiger partial charge in [-0.05, 0) is 37.5 Å². The molecular formula is C22H29ClN6O. The van der Waals surface area contributed by atoms with E-state index in [1.54, 1.807) is 0 Å². The van der Waals surface area contributed by atoms with Gasteiger partial charge in [-0.3, -0.25) is 15.6 Å². The van der Waals surface area contributed by atoms with Crippen molar-refractivity contribution in [3.8, 4) is 11.1 Å². The molecule has 4 rings (SSSR count). The third kappa shape index (κ3) is 4.29. The van der Waals surface area contributed by atoms with Crippen LogP contribution < -0.4 is 15.8 Å². The fourth-order valence-electron chi connectivity index (χ4n) is 4.33. The molecule has 0 spiro atoms. The zero-order valence-corrected chi connectivity index (χ0v) is 18.5. The van der Waals surface area contributed by atoms with Crippen molar-refractivity contribution < 1.29 is 4.79 Å². The Morgan fingerprint density at radius 1 is 1.33 bits per heavy atom. The minimum Gasteiger partial charge on any atom is -0.347 e. The zero-order valence-electron chi connectivity index (χ0n) is 17.7. The fraction of sp³-hybridized carbons (Fsp3) is 0.500. The van der Waals surface area contributed by atoms with Crippen molar-refractivity contribution in [3.63, 3.8) is 0 Å². The van der Waals surface area contributed by atoms with Crippen molar-refractivity contribution in [2.24, 2.45) is 5.92 Å². The van der Waals surface area contributed by atoms with Crippen molar-refractivity contribution in [2.45, 2.75) is 31.7 Å². The van der Waals surface area contributed by atoms with Crippen LogP contribution in [0.1, 0.15) is 31.4 Å². The van der Waals surface area contributed by atoms with Crippen LogP contribution in [0.4, 0.5) is 5.95 Å². The van der Waals surface area contributed by atoms with E-state index in [-0.39, 0.29) is 23.8 Å². The summed E-state index contributed by atoms with van der Waals surface area (Å²) in [4.78, 5) is 26.5. The Morgan fingerprint density at radius 3 is 2.87 bits per heavy atom. The second-order valence-corrected chi connectivity index (χ2v) is 8.85. The van der Waals surface area contributed by atoms with E-state index in [0.29, 0.717) is 24.1 Å². The number of amides is 1. The summed E-state index contributed by atoms with van der Waals surface area (Å²) in [6.07, 6.45) is 3.85. The first-order valence-corrected chi connectivity index (χ1v) is 10.9. The van der Waals surface area contributed by atoms with Crippen LogP contribution in [0.2, 0.25) is 5.02 Å². The second kappa shape index (κ2) is 8.88. The average molecular weight is 429 g/mol. The quantitative estimate of drug-likeness (QED) is 0.780. The van der Waals surface area contributed by atoms with Crippen molar-refractivity contribution in [1.82, 2.24) is 25.7 Å². The lowest BCUT2D eigenvalue weighted by molar-refractivity contribution is -0.136. The Kier molecular flexibility index (Phi) is 6.22. The van der Waals surface area contributed by atoms with Gasteiger partial charge in [-0.2, -0.15) is 0 Å². The lowest BCUT2D eigenvalue weighted by atomic mass is 9.89. The zero-order chi connectivity index (χ0) is 21.3. The summed E-state index contributed by atoms with van der Waals surface area (Å²) in [5, 5.41) is 0.686. The summed E-state index contributed by atoms with van der Waals surface area (Å²) in [6.45, 7) is 4.21. The van der Waals surface area contributed by atoms with Crippen LogP contribution in [-0.4, -0.2) is 60.5 Å². The smallest absolute Gasteiger partial charge is 0.228 e. The Morgan fingerprint density at radius 2 is 2.17 bits per heavy atom. The molecule has 2 fully saturated rings. The van der Waals surface area contributed by atoms with Gasteiger partial charge in [-0.1, -0.05) is 23.7 Å². The summed E-state index contributed by atoms with van der Waals surface area (Å²) in [5.74, 6) is 1.03. The molecule has 0 aliphatic carbocycles. The van der Waals surface area contributed by atoms with Crippen LogP contribution in [0.5, 0.6) is 0 Å². The molecule has 7 nitrogen and oxygen atoms in total. The maximum absolute atomic E-state index is 13.1. The summed E-state index contributed by atoms with van der Waals surface area (Å²) in [7, 11) is 3.88. The molecule has 0 bridgehead atoms. The average Bonchev–Trinajstić information content (AvgIpc) is 3.18. The summed E-state index contributed by atoms with van der Waals surface area (Å²) in [5.41, 5.74) is 9.24. The number of carbonyl (C=O) groups excluding carboxylic acids is 1. The van der Waals surface area contributed by atoms with Gasteiger partial charge in [0.25, 0.3) is 0 Å². The lowest BCUT2D eigenvalue weighted by Crippen LogP contribution is -2.45. The highest BCUT2D eigenvalue weighted by atomic mass is 35.5. The molecule has 3 atom stereocenters. The molecule has 30 heavy (non-hydrogen) atoms. The number of likely N-dealkylation sites (tertiary alicyclic amines) is 1. The van der Waals surface area contributed by atoms with Gasteiger partial charge in [0.2, 0.25) is 11.9 Å². The first-order chi connectivity index (χ1) is 14.4. The number of hydrazine groups is 1. The molecule has 1 aromatic heterocycles. The molecule has 160 valence electrons. The number of nitrogens with zero attached hydrogens (tertiary/aromatic N) is 4.